The van der Waals surface area contributed by atoms with Crippen LogP contribution in [0.25, 0.3) is 0 Å². The van der Waals surface area contributed by atoms with E-state index in [4.69, 9.17) is 4.74 Å². The predicted molar refractivity (Wildman–Crippen MR) is 116 cm³/mol. The average Bonchev–Trinajstić information content (AvgIpc) is 3.17. The molecule has 2 aromatic carbocycles. The number of carbonyl (C=O) groups excluding carboxylic acids is 1. The molecule has 0 radical (unpaired) electrons. The fraction of sp³-hybridized carbons (Fsp3) is 0.381. The number of nitro benzene ring substituents is 1. The molecular weight excluding hydrogens is 422 g/mol. The third kappa shape index (κ3) is 4.40. The highest BCUT2D eigenvalue weighted by Crippen LogP contribution is 2.33. The maximum atomic E-state index is 13.5. The number of sulfonamides is 1. The molecule has 1 fully saturated rings. The standard InChI is InChI=1S/C21H25N3O6S/c1-13-10-14(2)20(15(3)11-13)31(28,29)23-9-5-6-18(23)21(25)22-17-12-16(24(26)27)7-8-19(17)30-4/h7-8,10-12,18H,5-6,9H2,1-4H3,(H,22,25). The second kappa shape index (κ2) is 8.64. The Hall–Kier alpha value is -2.98. The molecule has 2 aromatic rings. The number of non-ortho nitro benzene ring substituents is 1. The topological polar surface area (TPSA) is 119 Å². The van der Waals surface area contributed by atoms with Crippen molar-refractivity contribution in [3.05, 3.63) is 57.1 Å². The minimum absolute atomic E-state index is 0.119. The van der Waals surface area contributed by atoms with E-state index in [1.165, 1.54) is 29.6 Å². The second-order valence-electron chi connectivity index (χ2n) is 7.63. The molecule has 1 aliphatic rings. The predicted octanol–water partition coefficient (Wildman–Crippen LogP) is 3.32. The maximum Gasteiger partial charge on any atom is 0.271 e. The van der Waals surface area contributed by atoms with Crippen molar-refractivity contribution in [2.24, 2.45) is 0 Å². The summed E-state index contributed by atoms with van der Waals surface area (Å²) < 4.78 is 33.3. The van der Waals surface area contributed by atoms with Crippen LogP contribution < -0.4 is 10.1 Å². The zero-order valence-corrected chi connectivity index (χ0v) is 18.7. The number of methoxy groups -OCH3 is 1. The van der Waals surface area contributed by atoms with Gasteiger partial charge in [0.2, 0.25) is 15.9 Å². The maximum absolute atomic E-state index is 13.5. The van der Waals surface area contributed by atoms with Crippen molar-refractivity contribution in [1.29, 1.82) is 0 Å². The molecule has 166 valence electrons. The van der Waals surface area contributed by atoms with E-state index in [2.05, 4.69) is 5.32 Å². The Morgan fingerprint density at radius 3 is 2.42 bits per heavy atom. The van der Waals surface area contributed by atoms with E-state index < -0.39 is 26.9 Å². The van der Waals surface area contributed by atoms with Crippen LogP contribution in [0.3, 0.4) is 0 Å². The summed E-state index contributed by atoms with van der Waals surface area (Å²) in [7, 11) is -2.53. The highest BCUT2D eigenvalue weighted by molar-refractivity contribution is 7.89. The minimum atomic E-state index is -3.91. The van der Waals surface area contributed by atoms with E-state index in [-0.39, 0.29) is 28.6 Å². The summed E-state index contributed by atoms with van der Waals surface area (Å²) in [5.41, 5.74) is 2.13. The van der Waals surface area contributed by atoms with Crippen molar-refractivity contribution in [3.63, 3.8) is 0 Å². The molecule has 1 saturated heterocycles. The van der Waals surface area contributed by atoms with Gasteiger partial charge in [0.15, 0.2) is 0 Å². The van der Waals surface area contributed by atoms with E-state index >= 15 is 0 Å². The Balaban J connectivity index is 1.93. The van der Waals surface area contributed by atoms with Crippen molar-refractivity contribution < 1.29 is 22.9 Å². The fourth-order valence-corrected chi connectivity index (χ4v) is 6.18. The first-order chi connectivity index (χ1) is 14.6. The lowest BCUT2D eigenvalue weighted by atomic mass is 10.1. The summed E-state index contributed by atoms with van der Waals surface area (Å²) in [5, 5.41) is 13.7. The molecule has 31 heavy (non-hydrogen) atoms. The van der Waals surface area contributed by atoms with Crippen LogP contribution in [-0.2, 0) is 14.8 Å². The Morgan fingerprint density at radius 2 is 1.84 bits per heavy atom. The van der Waals surface area contributed by atoms with E-state index in [1.54, 1.807) is 26.0 Å². The first-order valence-electron chi connectivity index (χ1n) is 9.79. The monoisotopic (exact) mass is 447 g/mol. The van der Waals surface area contributed by atoms with Gasteiger partial charge in [0.05, 0.1) is 22.6 Å². The van der Waals surface area contributed by atoms with E-state index in [1.807, 2.05) is 6.92 Å². The molecule has 0 saturated carbocycles. The molecule has 3 rings (SSSR count). The van der Waals surface area contributed by atoms with Gasteiger partial charge in [-0.25, -0.2) is 8.42 Å². The zero-order chi connectivity index (χ0) is 22.9. The summed E-state index contributed by atoms with van der Waals surface area (Å²) in [5.74, 6) is -0.307. The normalized spacial score (nSPS) is 16.8. The van der Waals surface area contributed by atoms with Gasteiger partial charge in [-0.05, 0) is 50.8 Å². The van der Waals surface area contributed by atoms with Crippen molar-refractivity contribution in [3.8, 4) is 5.75 Å². The van der Waals surface area contributed by atoms with Crippen molar-refractivity contribution >= 4 is 27.3 Å². The van der Waals surface area contributed by atoms with Gasteiger partial charge in [-0.2, -0.15) is 4.31 Å². The van der Waals surface area contributed by atoms with Gasteiger partial charge in [0.25, 0.3) is 5.69 Å². The number of aryl methyl sites for hydroxylation is 3. The second-order valence-corrected chi connectivity index (χ2v) is 9.46. The Kier molecular flexibility index (Phi) is 6.33. The minimum Gasteiger partial charge on any atom is -0.495 e. The molecule has 0 aromatic heterocycles. The van der Waals surface area contributed by atoms with Crippen LogP contribution in [0.2, 0.25) is 0 Å². The van der Waals surface area contributed by atoms with Crippen LogP contribution in [0, 0.1) is 30.9 Å². The summed E-state index contributed by atoms with van der Waals surface area (Å²) in [6.45, 7) is 5.60. The number of rotatable bonds is 6. The van der Waals surface area contributed by atoms with E-state index in [0.29, 0.717) is 24.0 Å². The molecular formula is C21H25N3O6S. The number of anilines is 1. The van der Waals surface area contributed by atoms with Gasteiger partial charge in [-0.15, -0.1) is 0 Å². The number of nitro groups is 1. The van der Waals surface area contributed by atoms with Crippen LogP contribution in [0.15, 0.2) is 35.2 Å². The van der Waals surface area contributed by atoms with Crippen LogP contribution in [0.1, 0.15) is 29.5 Å². The molecule has 1 amide bonds. The van der Waals surface area contributed by atoms with Gasteiger partial charge in [0, 0.05) is 18.7 Å². The van der Waals surface area contributed by atoms with Crippen molar-refractivity contribution in [2.75, 3.05) is 19.0 Å². The molecule has 1 atom stereocenters. The molecule has 9 nitrogen and oxygen atoms in total. The highest BCUT2D eigenvalue weighted by Gasteiger charge is 2.40. The summed E-state index contributed by atoms with van der Waals surface area (Å²) in [6.07, 6.45) is 0.888. The zero-order valence-electron chi connectivity index (χ0n) is 17.8. The molecule has 0 spiro atoms. The summed E-state index contributed by atoms with van der Waals surface area (Å²) in [6, 6.07) is 6.53. The molecule has 1 aliphatic heterocycles. The first-order valence-corrected chi connectivity index (χ1v) is 11.2. The molecule has 1 heterocycles. The third-order valence-corrected chi connectivity index (χ3v) is 7.54. The number of amides is 1. The van der Waals surface area contributed by atoms with Crippen molar-refractivity contribution in [1.82, 2.24) is 4.31 Å². The lowest BCUT2D eigenvalue weighted by Gasteiger charge is -2.25. The number of carbonyl (C=O) groups is 1. The highest BCUT2D eigenvalue weighted by atomic mass is 32.2. The molecule has 0 bridgehead atoms. The van der Waals surface area contributed by atoms with Crippen LogP contribution in [-0.4, -0.2) is 43.2 Å². The summed E-state index contributed by atoms with van der Waals surface area (Å²) in [4.78, 5) is 23.8. The van der Waals surface area contributed by atoms with Crippen LogP contribution in [0.5, 0.6) is 5.75 Å². The van der Waals surface area contributed by atoms with Gasteiger partial charge >= 0.3 is 0 Å². The molecule has 0 aliphatic carbocycles. The Bertz CT molecular complexity index is 1120. The van der Waals surface area contributed by atoms with E-state index in [9.17, 15) is 23.3 Å². The average molecular weight is 448 g/mol. The number of hydrogen-bond donors (Lipinski definition) is 1. The molecule has 1 N–H and O–H groups in total. The van der Waals surface area contributed by atoms with E-state index in [0.717, 1.165) is 5.56 Å². The first kappa shape index (κ1) is 22.7. The lowest BCUT2D eigenvalue weighted by Crippen LogP contribution is -2.43. The van der Waals surface area contributed by atoms with Gasteiger partial charge < -0.3 is 10.1 Å². The summed E-state index contributed by atoms with van der Waals surface area (Å²) >= 11 is 0. The molecule has 10 heteroatoms. The smallest absolute Gasteiger partial charge is 0.271 e. The van der Waals surface area contributed by atoms with Crippen LogP contribution in [0.4, 0.5) is 11.4 Å². The molecule has 1 unspecified atom stereocenters. The van der Waals surface area contributed by atoms with Crippen molar-refractivity contribution in [2.45, 2.75) is 44.6 Å². The van der Waals surface area contributed by atoms with Crippen LogP contribution >= 0.6 is 0 Å². The number of nitrogens with zero attached hydrogens (tertiary/aromatic N) is 2. The van der Waals surface area contributed by atoms with Gasteiger partial charge in [-0.1, -0.05) is 17.7 Å². The van der Waals surface area contributed by atoms with Gasteiger partial charge in [-0.3, -0.25) is 14.9 Å². The Morgan fingerprint density at radius 1 is 1.19 bits per heavy atom. The SMILES string of the molecule is COc1ccc([N+](=O)[O-])cc1NC(=O)C1CCCN1S(=O)(=O)c1c(C)cc(C)cc1C. The Labute approximate surface area is 181 Å². The lowest BCUT2D eigenvalue weighted by molar-refractivity contribution is -0.384. The quantitative estimate of drug-likeness (QED) is 0.536. The van der Waals surface area contributed by atoms with Gasteiger partial charge in [0.1, 0.15) is 11.8 Å². The number of benzene rings is 2. The number of hydrogen-bond acceptors (Lipinski definition) is 6. The largest absolute Gasteiger partial charge is 0.495 e. The fourth-order valence-electron chi connectivity index (χ4n) is 4.10. The third-order valence-electron chi connectivity index (χ3n) is 5.33. The number of ether oxygens (including phenoxy) is 1. The number of nitrogens with one attached hydrogen (secondary N) is 1.